The van der Waals surface area contributed by atoms with Crippen molar-refractivity contribution in [3.63, 3.8) is 0 Å². The van der Waals surface area contributed by atoms with Crippen LogP contribution in [-0.4, -0.2) is 21.0 Å². The summed E-state index contributed by atoms with van der Waals surface area (Å²) in [7, 11) is 0. The van der Waals surface area contributed by atoms with Gasteiger partial charge in [-0.3, -0.25) is 4.79 Å². The molecule has 2 N–H and O–H groups in total. The molecule has 0 aliphatic rings. The van der Waals surface area contributed by atoms with Gasteiger partial charge in [-0.15, -0.1) is 0 Å². The van der Waals surface area contributed by atoms with Crippen molar-refractivity contribution in [2.24, 2.45) is 0 Å². The largest absolute Gasteiger partial charge is 0.350 e. The van der Waals surface area contributed by atoms with Gasteiger partial charge < -0.3 is 14.8 Å². The van der Waals surface area contributed by atoms with Crippen molar-refractivity contribution < 1.29 is 9.32 Å². The first-order valence-corrected chi connectivity index (χ1v) is 7.28. The summed E-state index contributed by atoms with van der Waals surface area (Å²) in [6.07, 6.45) is 0.673. The highest BCUT2D eigenvalue weighted by molar-refractivity contribution is 5.98. The molecule has 1 atom stereocenters. The lowest BCUT2D eigenvalue weighted by molar-refractivity contribution is 0.0923. The number of aryl methyl sites for hydroxylation is 2. The zero-order valence-electron chi connectivity index (χ0n) is 12.8. The van der Waals surface area contributed by atoms with Crippen LogP contribution < -0.4 is 5.32 Å². The van der Waals surface area contributed by atoms with E-state index < -0.39 is 0 Å². The van der Waals surface area contributed by atoms with Gasteiger partial charge in [0.25, 0.3) is 5.91 Å². The Morgan fingerprint density at radius 2 is 2.23 bits per heavy atom. The summed E-state index contributed by atoms with van der Waals surface area (Å²) in [4.78, 5) is 19.8. The molecule has 2 heterocycles. The number of carbonyl (C=O) groups is 1. The Bertz CT molecular complexity index is 819. The van der Waals surface area contributed by atoms with E-state index in [1.165, 1.54) is 0 Å². The number of aromatic amines is 1. The highest BCUT2D eigenvalue weighted by atomic mass is 16.5. The van der Waals surface area contributed by atoms with E-state index in [4.69, 9.17) is 4.52 Å². The summed E-state index contributed by atoms with van der Waals surface area (Å²) in [6.45, 7) is 5.72. The van der Waals surface area contributed by atoms with Gasteiger partial charge in [0.05, 0.1) is 0 Å². The minimum absolute atomic E-state index is 0.182. The molecule has 0 fully saturated rings. The van der Waals surface area contributed by atoms with Crippen molar-refractivity contribution in [3.05, 3.63) is 47.2 Å². The summed E-state index contributed by atoms with van der Waals surface area (Å²) >= 11 is 0. The third kappa shape index (κ3) is 2.59. The van der Waals surface area contributed by atoms with Crippen molar-refractivity contribution in [1.29, 1.82) is 0 Å². The van der Waals surface area contributed by atoms with Crippen LogP contribution in [0.25, 0.3) is 10.9 Å². The highest BCUT2D eigenvalue weighted by Gasteiger charge is 2.20. The summed E-state index contributed by atoms with van der Waals surface area (Å²) in [5, 5.41) is 7.71. The van der Waals surface area contributed by atoms with Crippen molar-refractivity contribution in [1.82, 2.24) is 20.4 Å². The van der Waals surface area contributed by atoms with E-state index in [-0.39, 0.29) is 11.9 Å². The van der Waals surface area contributed by atoms with E-state index in [1.54, 1.807) is 6.92 Å². The number of fused-ring (bicyclic) bond motifs is 1. The number of benzene rings is 1. The first-order chi connectivity index (χ1) is 10.6. The number of aromatic nitrogens is 3. The van der Waals surface area contributed by atoms with Crippen molar-refractivity contribution in [2.45, 2.75) is 33.2 Å². The lowest BCUT2D eigenvalue weighted by atomic mass is 10.2. The molecular formula is C16H18N4O2. The van der Waals surface area contributed by atoms with E-state index in [0.717, 1.165) is 16.5 Å². The average molecular weight is 298 g/mol. The number of para-hydroxylation sites is 1. The molecule has 2 aromatic heterocycles. The summed E-state index contributed by atoms with van der Waals surface area (Å²) in [6, 6.07) is 7.53. The third-order valence-corrected chi connectivity index (χ3v) is 3.66. The summed E-state index contributed by atoms with van der Waals surface area (Å²) in [5.41, 5.74) is 2.62. The van der Waals surface area contributed by atoms with Crippen molar-refractivity contribution in [2.75, 3.05) is 0 Å². The average Bonchev–Trinajstić information content (AvgIpc) is 3.11. The Balaban J connectivity index is 1.84. The molecule has 3 aromatic rings. The van der Waals surface area contributed by atoms with Gasteiger partial charge >= 0.3 is 0 Å². The van der Waals surface area contributed by atoms with E-state index in [9.17, 15) is 4.79 Å². The molecule has 0 spiro atoms. The molecule has 22 heavy (non-hydrogen) atoms. The number of H-pyrrole nitrogens is 1. The van der Waals surface area contributed by atoms with Gasteiger partial charge in [-0.2, -0.15) is 4.98 Å². The van der Waals surface area contributed by atoms with Crippen LogP contribution in [0, 0.1) is 13.8 Å². The molecule has 6 nitrogen and oxygen atoms in total. The maximum absolute atomic E-state index is 12.4. The SMILES string of the molecule is CCC(NC(=O)c1cc2cccc(C)c2[nH]1)c1nc(C)no1. The second kappa shape index (κ2) is 5.63. The predicted molar refractivity (Wildman–Crippen MR) is 82.6 cm³/mol. The molecule has 0 saturated heterocycles. The lowest BCUT2D eigenvalue weighted by Crippen LogP contribution is -2.28. The number of rotatable bonds is 4. The van der Waals surface area contributed by atoms with Crippen LogP contribution in [0.1, 0.15) is 47.2 Å². The van der Waals surface area contributed by atoms with Crippen LogP contribution in [-0.2, 0) is 0 Å². The molecule has 0 radical (unpaired) electrons. The zero-order valence-corrected chi connectivity index (χ0v) is 12.8. The van der Waals surface area contributed by atoms with Crippen molar-refractivity contribution in [3.8, 4) is 0 Å². The van der Waals surface area contributed by atoms with Gasteiger partial charge in [-0.1, -0.05) is 30.3 Å². The standard InChI is InChI=1S/C16H18N4O2/c1-4-12(16-17-10(3)20-22-16)19-15(21)13-8-11-7-5-6-9(2)14(11)18-13/h5-8,12,18H,4H2,1-3H3,(H,19,21). The van der Waals surface area contributed by atoms with E-state index >= 15 is 0 Å². The van der Waals surface area contributed by atoms with E-state index in [2.05, 4.69) is 20.4 Å². The first kappa shape index (κ1) is 14.3. The third-order valence-electron chi connectivity index (χ3n) is 3.66. The van der Waals surface area contributed by atoms with Gasteiger partial charge in [-0.05, 0) is 31.9 Å². The number of hydrogen-bond donors (Lipinski definition) is 2. The second-order valence-corrected chi connectivity index (χ2v) is 5.34. The van der Waals surface area contributed by atoms with Crippen LogP contribution in [0.15, 0.2) is 28.8 Å². The normalized spacial score (nSPS) is 12.5. The Morgan fingerprint density at radius 3 is 2.86 bits per heavy atom. The molecule has 3 rings (SSSR count). The molecule has 0 aliphatic heterocycles. The summed E-state index contributed by atoms with van der Waals surface area (Å²) < 4.78 is 5.15. The smallest absolute Gasteiger partial charge is 0.268 e. The number of hydrogen-bond acceptors (Lipinski definition) is 4. The minimum atomic E-state index is -0.291. The molecule has 1 amide bonds. The van der Waals surface area contributed by atoms with Crippen LogP contribution in [0.3, 0.4) is 0 Å². The topological polar surface area (TPSA) is 83.8 Å². The molecule has 6 heteroatoms. The van der Waals surface area contributed by atoms with E-state index in [1.807, 2.05) is 38.1 Å². The highest BCUT2D eigenvalue weighted by Crippen LogP contribution is 2.20. The fraction of sp³-hybridized carbons (Fsp3) is 0.312. The summed E-state index contributed by atoms with van der Waals surface area (Å²) in [5.74, 6) is 0.808. The Kier molecular flexibility index (Phi) is 3.66. The van der Waals surface area contributed by atoms with Crippen LogP contribution >= 0.6 is 0 Å². The van der Waals surface area contributed by atoms with Gasteiger partial charge in [-0.25, -0.2) is 0 Å². The molecule has 1 unspecified atom stereocenters. The Morgan fingerprint density at radius 1 is 1.41 bits per heavy atom. The molecular weight excluding hydrogens is 280 g/mol. The maximum atomic E-state index is 12.4. The quantitative estimate of drug-likeness (QED) is 0.775. The van der Waals surface area contributed by atoms with Gasteiger partial charge in [0.15, 0.2) is 5.82 Å². The van der Waals surface area contributed by atoms with E-state index in [0.29, 0.717) is 23.8 Å². The number of nitrogens with zero attached hydrogens (tertiary/aromatic N) is 2. The molecule has 0 bridgehead atoms. The number of amides is 1. The molecule has 114 valence electrons. The fourth-order valence-electron chi connectivity index (χ4n) is 2.46. The first-order valence-electron chi connectivity index (χ1n) is 7.28. The molecule has 1 aromatic carbocycles. The monoisotopic (exact) mass is 298 g/mol. The maximum Gasteiger partial charge on any atom is 0.268 e. The number of carbonyl (C=O) groups excluding carboxylic acids is 1. The molecule has 0 aliphatic carbocycles. The molecule has 0 saturated carbocycles. The number of nitrogens with one attached hydrogen (secondary N) is 2. The lowest BCUT2D eigenvalue weighted by Gasteiger charge is -2.11. The van der Waals surface area contributed by atoms with Crippen LogP contribution in [0.2, 0.25) is 0 Å². The van der Waals surface area contributed by atoms with Gasteiger partial charge in [0, 0.05) is 10.9 Å². The Hall–Kier alpha value is -2.63. The van der Waals surface area contributed by atoms with Gasteiger partial charge in [0.2, 0.25) is 5.89 Å². The zero-order chi connectivity index (χ0) is 15.7. The van der Waals surface area contributed by atoms with Crippen LogP contribution in [0.4, 0.5) is 0 Å². The van der Waals surface area contributed by atoms with Crippen molar-refractivity contribution >= 4 is 16.8 Å². The van der Waals surface area contributed by atoms with Gasteiger partial charge in [0.1, 0.15) is 11.7 Å². The predicted octanol–water partition coefficient (Wildman–Crippen LogP) is 3.05. The second-order valence-electron chi connectivity index (χ2n) is 5.34. The Labute approximate surface area is 127 Å². The van der Waals surface area contributed by atoms with Crippen LogP contribution in [0.5, 0.6) is 0 Å². The fourth-order valence-corrected chi connectivity index (χ4v) is 2.46. The minimum Gasteiger partial charge on any atom is -0.350 e.